The molecule has 49 heavy (non-hydrogen) atoms. The van der Waals surface area contributed by atoms with Gasteiger partial charge in [-0.25, -0.2) is 0 Å². The monoisotopic (exact) mass is 718 g/mol. The summed E-state index contributed by atoms with van der Waals surface area (Å²) in [7, 11) is 1.17. The van der Waals surface area contributed by atoms with Gasteiger partial charge in [0, 0.05) is 12.8 Å². The van der Waals surface area contributed by atoms with E-state index in [0.29, 0.717) is 17.4 Å². The molecule has 0 aliphatic heterocycles. The van der Waals surface area contributed by atoms with Crippen molar-refractivity contribution in [3.05, 3.63) is 12.2 Å². The first-order valence-electron chi connectivity index (χ1n) is 19.9. The third kappa shape index (κ3) is 36.3. The number of hydrogen-bond donors (Lipinski definition) is 0. The van der Waals surface area contributed by atoms with Gasteiger partial charge in [-0.2, -0.15) is 0 Å². The summed E-state index contributed by atoms with van der Waals surface area (Å²) in [6, 6.07) is 0. The van der Waals surface area contributed by atoms with E-state index in [1.807, 2.05) is 21.1 Å². The number of ether oxygens (including phenoxy) is 2. The van der Waals surface area contributed by atoms with E-state index in [1.165, 1.54) is 96.3 Å². The summed E-state index contributed by atoms with van der Waals surface area (Å²) < 4.78 is 33.5. The third-order valence-electron chi connectivity index (χ3n) is 8.54. The lowest BCUT2D eigenvalue weighted by molar-refractivity contribution is -0.870. The Bertz CT molecular complexity index is 860. The molecule has 0 rings (SSSR count). The highest BCUT2D eigenvalue weighted by atomic mass is 31.2. The number of nitrogens with zero attached hydrogens (tertiary/aromatic N) is 1. The zero-order valence-corrected chi connectivity index (χ0v) is 33.3. The molecule has 0 aliphatic carbocycles. The van der Waals surface area contributed by atoms with Crippen molar-refractivity contribution in [1.82, 2.24) is 0 Å². The smallest absolute Gasteiger partial charge is 0.306 e. The minimum absolute atomic E-state index is 0.0292. The van der Waals surface area contributed by atoms with E-state index >= 15 is 0 Å². The summed E-state index contributed by atoms with van der Waals surface area (Å²) in [5, 5.41) is 0. The minimum Gasteiger partial charge on any atom is -0.756 e. The second-order valence-corrected chi connectivity index (χ2v) is 16.1. The first-order valence-corrected chi connectivity index (χ1v) is 21.4. The lowest BCUT2D eigenvalue weighted by atomic mass is 10.1. The van der Waals surface area contributed by atoms with Crippen LogP contribution in [-0.4, -0.2) is 70.0 Å². The highest BCUT2D eigenvalue weighted by molar-refractivity contribution is 7.45. The van der Waals surface area contributed by atoms with Crippen LogP contribution in [0.5, 0.6) is 0 Å². The number of phosphoric acid groups is 1. The van der Waals surface area contributed by atoms with Crippen molar-refractivity contribution < 1.29 is 42.1 Å². The van der Waals surface area contributed by atoms with Crippen molar-refractivity contribution in [3.8, 4) is 0 Å². The van der Waals surface area contributed by atoms with Gasteiger partial charge in [0.2, 0.25) is 0 Å². The molecule has 0 heterocycles. The molecule has 9 nitrogen and oxygen atoms in total. The highest BCUT2D eigenvalue weighted by Crippen LogP contribution is 2.38. The van der Waals surface area contributed by atoms with Gasteiger partial charge in [-0.05, 0) is 38.5 Å². The van der Waals surface area contributed by atoms with Crippen molar-refractivity contribution in [2.45, 2.75) is 180 Å². The van der Waals surface area contributed by atoms with Gasteiger partial charge in [-0.15, -0.1) is 0 Å². The zero-order chi connectivity index (χ0) is 36.5. The first-order chi connectivity index (χ1) is 23.5. The van der Waals surface area contributed by atoms with Gasteiger partial charge in [-0.1, -0.05) is 135 Å². The molecule has 0 saturated heterocycles. The Kier molecular flexibility index (Phi) is 31.8. The van der Waals surface area contributed by atoms with Crippen LogP contribution in [0.3, 0.4) is 0 Å². The second kappa shape index (κ2) is 32.6. The Morgan fingerprint density at radius 1 is 0.612 bits per heavy atom. The minimum atomic E-state index is -4.60. The number of likely N-dealkylation sites (N-methyl/N-ethyl adjacent to an activating group) is 1. The molecular weight excluding hydrogens is 641 g/mol. The van der Waals surface area contributed by atoms with E-state index in [2.05, 4.69) is 26.0 Å². The maximum Gasteiger partial charge on any atom is 0.306 e. The molecule has 0 fully saturated rings. The molecule has 0 saturated carbocycles. The largest absolute Gasteiger partial charge is 0.756 e. The number of carbonyl (C=O) groups excluding carboxylic acids is 2. The molecule has 0 bridgehead atoms. The molecule has 0 aromatic carbocycles. The Hall–Kier alpha value is -1.25. The summed E-state index contributed by atoms with van der Waals surface area (Å²) in [5.74, 6) is -0.853. The summed E-state index contributed by atoms with van der Waals surface area (Å²) in [6.07, 6.45) is 31.6. The standard InChI is InChI=1S/C39H76NO8P/c1-6-8-10-12-13-14-15-16-17-18-19-20-21-22-23-24-25-26-27-28-30-32-39(42)48-37(35-45-38(41)31-29-11-9-7-2)36-47-49(43,44)46-34-33-40(3,4)5/h18-19,37H,6-17,20-36H2,1-5H3/b19-18-. The average Bonchev–Trinajstić information content (AvgIpc) is 3.04. The Morgan fingerprint density at radius 3 is 1.53 bits per heavy atom. The average molecular weight is 718 g/mol. The predicted molar refractivity (Wildman–Crippen MR) is 199 cm³/mol. The van der Waals surface area contributed by atoms with Crippen molar-refractivity contribution in [2.75, 3.05) is 47.5 Å². The Labute approximate surface area is 301 Å². The van der Waals surface area contributed by atoms with E-state index in [-0.39, 0.29) is 26.1 Å². The van der Waals surface area contributed by atoms with E-state index in [1.54, 1.807) is 0 Å². The van der Waals surface area contributed by atoms with Gasteiger partial charge in [0.15, 0.2) is 6.10 Å². The summed E-state index contributed by atoms with van der Waals surface area (Å²) in [5.41, 5.74) is 0. The molecule has 0 aromatic heterocycles. The maximum atomic E-state index is 12.5. The molecule has 2 unspecified atom stereocenters. The molecule has 0 spiro atoms. The number of allylic oxidation sites excluding steroid dienone is 2. The molecule has 0 aromatic rings. The van der Waals surface area contributed by atoms with Crippen LogP contribution in [0.1, 0.15) is 174 Å². The lowest BCUT2D eigenvalue weighted by Crippen LogP contribution is -2.37. The van der Waals surface area contributed by atoms with Crippen molar-refractivity contribution in [3.63, 3.8) is 0 Å². The van der Waals surface area contributed by atoms with E-state index < -0.39 is 32.5 Å². The van der Waals surface area contributed by atoms with Crippen LogP contribution in [0.15, 0.2) is 12.2 Å². The highest BCUT2D eigenvalue weighted by Gasteiger charge is 2.21. The van der Waals surface area contributed by atoms with E-state index in [0.717, 1.165) is 44.9 Å². The number of quaternary nitrogens is 1. The van der Waals surface area contributed by atoms with Gasteiger partial charge in [-0.3, -0.25) is 14.2 Å². The number of hydrogen-bond acceptors (Lipinski definition) is 8. The van der Waals surface area contributed by atoms with Crippen LogP contribution >= 0.6 is 7.82 Å². The molecule has 0 N–H and O–H groups in total. The lowest BCUT2D eigenvalue weighted by Gasteiger charge is -2.28. The molecule has 0 radical (unpaired) electrons. The van der Waals surface area contributed by atoms with Crippen molar-refractivity contribution in [1.29, 1.82) is 0 Å². The number of carbonyl (C=O) groups is 2. The van der Waals surface area contributed by atoms with Crippen LogP contribution in [0, 0.1) is 0 Å². The van der Waals surface area contributed by atoms with Crippen molar-refractivity contribution >= 4 is 19.8 Å². The van der Waals surface area contributed by atoms with Crippen LogP contribution in [0.2, 0.25) is 0 Å². The van der Waals surface area contributed by atoms with Crippen LogP contribution in [0.25, 0.3) is 0 Å². The Balaban J connectivity index is 4.12. The number of esters is 2. The maximum absolute atomic E-state index is 12.5. The summed E-state index contributed by atoms with van der Waals surface area (Å²) in [4.78, 5) is 36.9. The van der Waals surface area contributed by atoms with E-state index in [4.69, 9.17) is 18.5 Å². The second-order valence-electron chi connectivity index (χ2n) is 14.7. The zero-order valence-electron chi connectivity index (χ0n) is 32.4. The fourth-order valence-corrected chi connectivity index (χ4v) is 6.08. The fraction of sp³-hybridized carbons (Fsp3) is 0.897. The Morgan fingerprint density at radius 2 is 1.04 bits per heavy atom. The van der Waals surface area contributed by atoms with Crippen LogP contribution < -0.4 is 4.89 Å². The summed E-state index contributed by atoms with van der Waals surface area (Å²) in [6.45, 7) is 4.09. The van der Waals surface area contributed by atoms with Gasteiger partial charge < -0.3 is 27.9 Å². The van der Waals surface area contributed by atoms with Gasteiger partial charge in [0.25, 0.3) is 7.82 Å². The van der Waals surface area contributed by atoms with Crippen LogP contribution in [-0.2, 0) is 32.7 Å². The predicted octanol–water partition coefficient (Wildman–Crippen LogP) is 10.00. The van der Waals surface area contributed by atoms with E-state index in [9.17, 15) is 19.0 Å². The fourth-order valence-electron chi connectivity index (χ4n) is 5.35. The number of rotatable bonds is 36. The third-order valence-corrected chi connectivity index (χ3v) is 9.50. The first kappa shape index (κ1) is 47.8. The topological polar surface area (TPSA) is 111 Å². The van der Waals surface area contributed by atoms with Crippen LogP contribution in [0.4, 0.5) is 0 Å². The van der Waals surface area contributed by atoms with Gasteiger partial charge >= 0.3 is 11.9 Å². The van der Waals surface area contributed by atoms with Gasteiger partial charge in [0.05, 0.1) is 27.7 Å². The normalized spacial score (nSPS) is 13.8. The molecule has 0 aliphatic rings. The van der Waals surface area contributed by atoms with Gasteiger partial charge in [0.1, 0.15) is 19.8 Å². The molecule has 10 heteroatoms. The molecule has 290 valence electrons. The molecular formula is C39H76NO8P. The number of unbranched alkanes of at least 4 members (excludes halogenated alkanes) is 20. The molecule has 0 amide bonds. The molecule has 2 atom stereocenters. The summed E-state index contributed by atoms with van der Waals surface area (Å²) >= 11 is 0. The SMILES string of the molecule is CCCCCCCCCC/C=C\CCCCCCCCCCCC(=O)OC(COC(=O)CCCCCC)COP(=O)([O-])OCC[N+](C)(C)C. The van der Waals surface area contributed by atoms with Crippen molar-refractivity contribution in [2.24, 2.45) is 0 Å². The quantitative estimate of drug-likeness (QED) is 0.0207. The number of phosphoric ester groups is 1.